The molecule has 0 spiro atoms. The van der Waals surface area contributed by atoms with Crippen molar-refractivity contribution in [1.82, 2.24) is 0 Å². The molecule has 0 saturated carbocycles. The minimum Gasteiger partial charge on any atom is -0.462 e. The second-order valence-corrected chi connectivity index (χ2v) is 3.85. The van der Waals surface area contributed by atoms with Crippen molar-refractivity contribution < 1.29 is 14.3 Å². The van der Waals surface area contributed by atoms with Crippen LogP contribution >= 0.6 is 0 Å². The van der Waals surface area contributed by atoms with E-state index in [0.29, 0.717) is 25.0 Å². The van der Waals surface area contributed by atoms with Crippen molar-refractivity contribution in [3.8, 4) is 0 Å². The highest BCUT2D eigenvalue weighted by molar-refractivity contribution is 5.89. The van der Waals surface area contributed by atoms with E-state index >= 15 is 0 Å². The summed E-state index contributed by atoms with van der Waals surface area (Å²) in [6, 6.07) is 6.91. The smallest absolute Gasteiger partial charge is 0.338 e. The number of hydrogen-bond acceptors (Lipinski definition) is 4. The third kappa shape index (κ3) is 5.23. The molecule has 0 aromatic heterocycles. The van der Waals surface area contributed by atoms with Gasteiger partial charge in [-0.05, 0) is 36.6 Å². The Hall–Kier alpha value is -2.33. The van der Waals surface area contributed by atoms with Crippen LogP contribution in [0, 0.1) is 0 Å². The van der Waals surface area contributed by atoms with E-state index in [1.807, 2.05) is 0 Å². The molecule has 0 atom stereocenters. The van der Waals surface area contributed by atoms with Gasteiger partial charge in [0.05, 0.1) is 18.7 Å². The Morgan fingerprint density at radius 3 is 2.58 bits per heavy atom. The normalized spacial score (nSPS) is 9.53. The number of hydrogen-bond donors (Lipinski definition) is 0. The van der Waals surface area contributed by atoms with Crippen LogP contribution < -0.4 is 0 Å². The third-order valence-electron chi connectivity index (χ3n) is 2.47. The van der Waals surface area contributed by atoms with E-state index in [1.54, 1.807) is 31.2 Å². The zero-order chi connectivity index (χ0) is 14.1. The van der Waals surface area contributed by atoms with E-state index in [1.165, 1.54) is 0 Å². The zero-order valence-electron chi connectivity index (χ0n) is 10.7. The lowest BCUT2D eigenvalue weighted by Crippen LogP contribution is -2.05. The van der Waals surface area contributed by atoms with Crippen LogP contribution in [0.25, 0.3) is 10.4 Å². The number of carbonyl (C=O) groups is 2. The van der Waals surface area contributed by atoms with Crippen molar-refractivity contribution in [3.63, 3.8) is 0 Å². The maximum atomic E-state index is 11.4. The molecule has 0 aliphatic carbocycles. The average Bonchev–Trinajstić information content (AvgIpc) is 2.43. The number of azide groups is 1. The molecule has 0 fully saturated rings. The first-order valence-corrected chi connectivity index (χ1v) is 5.96. The standard InChI is InChI=1S/C13H15N3O3/c1-2-19-13(18)11-6-3-10(4-7-11)5-8-12(17)9-15-16-14/h3-4,6-7H,2,5,8-9H2,1H3. The Bertz CT molecular complexity index is 490. The van der Waals surface area contributed by atoms with Crippen LogP contribution in [-0.4, -0.2) is 24.9 Å². The molecule has 0 saturated heterocycles. The quantitative estimate of drug-likeness (QED) is 0.327. The van der Waals surface area contributed by atoms with Gasteiger partial charge in [-0.2, -0.15) is 0 Å². The lowest BCUT2D eigenvalue weighted by molar-refractivity contribution is -0.117. The number of rotatable bonds is 7. The van der Waals surface area contributed by atoms with E-state index in [9.17, 15) is 9.59 Å². The second kappa shape index (κ2) is 7.89. The summed E-state index contributed by atoms with van der Waals surface area (Å²) in [6.07, 6.45) is 0.876. The molecule has 6 heteroatoms. The third-order valence-corrected chi connectivity index (χ3v) is 2.47. The van der Waals surface area contributed by atoms with Crippen molar-refractivity contribution in [3.05, 3.63) is 45.8 Å². The minimum atomic E-state index is -0.353. The van der Waals surface area contributed by atoms with Gasteiger partial charge in [-0.3, -0.25) is 4.79 Å². The van der Waals surface area contributed by atoms with Crippen molar-refractivity contribution >= 4 is 11.8 Å². The first-order valence-electron chi connectivity index (χ1n) is 5.96. The fourth-order valence-electron chi connectivity index (χ4n) is 1.50. The summed E-state index contributed by atoms with van der Waals surface area (Å²) in [6.45, 7) is 1.98. The van der Waals surface area contributed by atoms with Crippen molar-refractivity contribution in [1.29, 1.82) is 0 Å². The lowest BCUT2D eigenvalue weighted by Gasteiger charge is -2.03. The largest absolute Gasteiger partial charge is 0.462 e. The predicted molar refractivity (Wildman–Crippen MR) is 69.7 cm³/mol. The number of Topliss-reactive ketones (excluding diaryl/α,β-unsaturated/α-hetero) is 1. The van der Waals surface area contributed by atoms with Crippen LogP contribution in [0.1, 0.15) is 29.3 Å². The molecule has 1 aromatic carbocycles. The highest BCUT2D eigenvalue weighted by Crippen LogP contribution is 2.08. The van der Waals surface area contributed by atoms with Gasteiger partial charge in [0, 0.05) is 11.3 Å². The molecule has 0 heterocycles. The predicted octanol–water partition coefficient (Wildman–Crippen LogP) is 2.68. The number of nitrogens with zero attached hydrogens (tertiary/aromatic N) is 3. The number of carbonyl (C=O) groups excluding carboxylic acids is 2. The second-order valence-electron chi connectivity index (χ2n) is 3.85. The number of aryl methyl sites for hydroxylation is 1. The topological polar surface area (TPSA) is 92.1 Å². The van der Waals surface area contributed by atoms with Crippen LogP contribution in [-0.2, 0) is 16.0 Å². The molecule has 0 bridgehead atoms. The molecule has 0 unspecified atom stereocenters. The molecule has 0 radical (unpaired) electrons. The first kappa shape index (κ1) is 14.7. The maximum Gasteiger partial charge on any atom is 0.338 e. The van der Waals surface area contributed by atoms with Crippen molar-refractivity contribution in [2.45, 2.75) is 19.8 Å². The molecule has 1 rings (SSSR count). The number of ether oxygens (including phenoxy) is 1. The van der Waals surface area contributed by atoms with Gasteiger partial charge in [0.15, 0.2) is 0 Å². The van der Waals surface area contributed by atoms with Crippen molar-refractivity contribution in [2.75, 3.05) is 13.2 Å². The molecular formula is C13H15N3O3. The highest BCUT2D eigenvalue weighted by atomic mass is 16.5. The summed E-state index contributed by atoms with van der Waals surface area (Å²) in [7, 11) is 0. The Balaban J connectivity index is 2.50. The van der Waals surface area contributed by atoms with E-state index in [4.69, 9.17) is 10.3 Å². The fraction of sp³-hybridized carbons (Fsp3) is 0.385. The van der Waals surface area contributed by atoms with Gasteiger partial charge < -0.3 is 4.74 Å². The highest BCUT2D eigenvalue weighted by Gasteiger charge is 2.06. The van der Waals surface area contributed by atoms with Crippen LogP contribution in [0.15, 0.2) is 29.4 Å². The number of benzene rings is 1. The van der Waals surface area contributed by atoms with Crippen LogP contribution in [0.2, 0.25) is 0 Å². The van der Waals surface area contributed by atoms with Gasteiger partial charge in [-0.1, -0.05) is 17.2 Å². The van der Waals surface area contributed by atoms with Gasteiger partial charge in [-0.25, -0.2) is 4.79 Å². The lowest BCUT2D eigenvalue weighted by atomic mass is 10.1. The van der Waals surface area contributed by atoms with E-state index < -0.39 is 0 Å². The Morgan fingerprint density at radius 2 is 2.00 bits per heavy atom. The summed E-state index contributed by atoms with van der Waals surface area (Å²) < 4.78 is 4.87. The van der Waals surface area contributed by atoms with Crippen molar-refractivity contribution in [2.24, 2.45) is 5.11 Å². The maximum absolute atomic E-state index is 11.4. The Labute approximate surface area is 111 Å². The van der Waals surface area contributed by atoms with E-state index in [-0.39, 0.29) is 18.3 Å². The molecule has 6 nitrogen and oxygen atoms in total. The number of ketones is 1. The Kier molecular flexibility index (Phi) is 6.12. The van der Waals surface area contributed by atoms with Crippen LogP contribution in [0.5, 0.6) is 0 Å². The van der Waals surface area contributed by atoms with Gasteiger partial charge in [0.25, 0.3) is 0 Å². The zero-order valence-corrected chi connectivity index (χ0v) is 10.7. The average molecular weight is 261 g/mol. The summed E-state index contributed by atoms with van der Waals surface area (Å²) in [5, 5.41) is 3.21. The first-order chi connectivity index (χ1) is 9.17. The fourth-order valence-corrected chi connectivity index (χ4v) is 1.50. The monoisotopic (exact) mass is 261 g/mol. The van der Waals surface area contributed by atoms with Gasteiger partial charge in [-0.15, -0.1) is 0 Å². The van der Waals surface area contributed by atoms with Crippen LogP contribution in [0.4, 0.5) is 0 Å². The van der Waals surface area contributed by atoms with Gasteiger partial charge in [0.1, 0.15) is 5.78 Å². The van der Waals surface area contributed by atoms with Gasteiger partial charge >= 0.3 is 5.97 Å². The van der Waals surface area contributed by atoms with Gasteiger partial charge in [0.2, 0.25) is 0 Å². The molecular weight excluding hydrogens is 246 g/mol. The SMILES string of the molecule is CCOC(=O)c1ccc(CCC(=O)CN=[N+]=[N-])cc1. The molecule has 0 aliphatic rings. The minimum absolute atomic E-state index is 0.104. The molecule has 1 aromatic rings. The number of esters is 1. The molecule has 19 heavy (non-hydrogen) atoms. The summed E-state index contributed by atoms with van der Waals surface area (Å²) in [5.74, 6) is -0.458. The summed E-state index contributed by atoms with van der Waals surface area (Å²) >= 11 is 0. The van der Waals surface area contributed by atoms with E-state index in [0.717, 1.165) is 5.56 Å². The van der Waals surface area contributed by atoms with E-state index in [2.05, 4.69) is 10.0 Å². The Morgan fingerprint density at radius 1 is 1.32 bits per heavy atom. The molecule has 100 valence electrons. The molecule has 0 aliphatic heterocycles. The summed E-state index contributed by atoms with van der Waals surface area (Å²) in [5.41, 5.74) is 9.53. The molecule has 0 N–H and O–H groups in total. The van der Waals surface area contributed by atoms with Crippen LogP contribution in [0.3, 0.4) is 0 Å². The summed E-state index contributed by atoms with van der Waals surface area (Å²) in [4.78, 5) is 25.2. The molecule has 0 amide bonds.